The Morgan fingerprint density at radius 1 is 0.488 bits per heavy atom. The van der Waals surface area contributed by atoms with E-state index in [4.69, 9.17) is 0 Å². The summed E-state index contributed by atoms with van der Waals surface area (Å²) >= 11 is 0. The first kappa shape index (κ1) is 23.8. The Bertz CT molecular complexity index is 2040. The second-order valence-corrected chi connectivity index (χ2v) is 11.6. The summed E-state index contributed by atoms with van der Waals surface area (Å²) in [5.74, 6) is 0. The summed E-state index contributed by atoms with van der Waals surface area (Å²) < 4.78 is 2.42. The van der Waals surface area contributed by atoms with Crippen LogP contribution in [0.2, 0.25) is 0 Å². The smallest absolute Gasteiger partial charge is 0.0541 e. The molecule has 0 aliphatic heterocycles. The minimum atomic E-state index is -0.116. The number of hydrogen-bond donors (Lipinski definition) is 1. The standard InChI is InChI=1S/C39H30N2/c1-39(2)35-24-27(26-11-10-14-29(23-26)40-28-12-4-3-5-13-28)19-21-31(35)32-22-20-30(25-36(32)39)41-37-17-8-6-15-33(37)34-16-7-9-18-38(34)41/h3-25,40H,1-2H3. The van der Waals surface area contributed by atoms with Gasteiger partial charge in [0.2, 0.25) is 0 Å². The van der Waals surface area contributed by atoms with Crippen molar-refractivity contribution in [2.24, 2.45) is 0 Å². The van der Waals surface area contributed by atoms with E-state index in [0.29, 0.717) is 0 Å². The number of aromatic nitrogens is 1. The Hall–Kier alpha value is -5.08. The van der Waals surface area contributed by atoms with Gasteiger partial charge in [-0.25, -0.2) is 0 Å². The largest absolute Gasteiger partial charge is 0.356 e. The van der Waals surface area contributed by atoms with Gasteiger partial charge in [-0.3, -0.25) is 0 Å². The number of rotatable bonds is 4. The summed E-state index contributed by atoms with van der Waals surface area (Å²) in [6, 6.07) is 50.5. The number of nitrogens with zero attached hydrogens (tertiary/aromatic N) is 1. The molecule has 8 rings (SSSR count). The van der Waals surface area contributed by atoms with Crippen LogP contribution in [0.3, 0.4) is 0 Å². The molecule has 1 heterocycles. The van der Waals surface area contributed by atoms with Crippen LogP contribution in [0.1, 0.15) is 25.0 Å². The number of benzene rings is 6. The maximum atomic E-state index is 3.54. The van der Waals surface area contributed by atoms with Gasteiger partial charge in [0.25, 0.3) is 0 Å². The van der Waals surface area contributed by atoms with E-state index >= 15 is 0 Å². The molecule has 0 radical (unpaired) electrons. The molecule has 0 atom stereocenters. The van der Waals surface area contributed by atoms with Gasteiger partial charge in [0, 0.05) is 33.2 Å². The van der Waals surface area contributed by atoms with Gasteiger partial charge < -0.3 is 9.88 Å². The fourth-order valence-electron chi connectivity index (χ4n) is 6.71. The molecule has 0 fully saturated rings. The summed E-state index contributed by atoms with van der Waals surface area (Å²) in [5, 5.41) is 6.12. The predicted molar refractivity (Wildman–Crippen MR) is 174 cm³/mol. The Balaban J connectivity index is 1.21. The van der Waals surface area contributed by atoms with Crippen molar-refractivity contribution in [1.29, 1.82) is 0 Å². The van der Waals surface area contributed by atoms with Gasteiger partial charge in [0.05, 0.1) is 11.0 Å². The van der Waals surface area contributed by atoms with E-state index in [2.05, 4.69) is 157 Å². The highest BCUT2D eigenvalue weighted by atomic mass is 15.0. The maximum absolute atomic E-state index is 3.54. The van der Waals surface area contributed by atoms with Gasteiger partial charge in [-0.15, -0.1) is 0 Å². The molecule has 0 amide bonds. The van der Waals surface area contributed by atoms with E-state index in [1.54, 1.807) is 0 Å². The second-order valence-electron chi connectivity index (χ2n) is 11.6. The van der Waals surface area contributed by atoms with Crippen molar-refractivity contribution in [2.45, 2.75) is 19.3 Å². The molecule has 2 nitrogen and oxygen atoms in total. The van der Waals surface area contributed by atoms with Gasteiger partial charge in [0.15, 0.2) is 0 Å². The van der Waals surface area contributed by atoms with Gasteiger partial charge in [0.1, 0.15) is 0 Å². The van der Waals surface area contributed by atoms with Crippen LogP contribution in [0, 0.1) is 0 Å². The Labute approximate surface area is 240 Å². The van der Waals surface area contributed by atoms with Crippen LogP contribution < -0.4 is 5.32 Å². The summed E-state index contributed by atoms with van der Waals surface area (Å²) in [6.45, 7) is 4.73. The lowest BCUT2D eigenvalue weighted by atomic mass is 9.81. The van der Waals surface area contributed by atoms with Gasteiger partial charge in [-0.05, 0) is 88.0 Å². The van der Waals surface area contributed by atoms with Crippen LogP contribution in [0.25, 0.3) is 49.7 Å². The molecule has 1 aromatic heterocycles. The van der Waals surface area contributed by atoms with Gasteiger partial charge in [-0.2, -0.15) is 0 Å². The Kier molecular flexibility index (Phi) is 5.20. The van der Waals surface area contributed by atoms with Crippen LogP contribution in [0.15, 0.2) is 140 Å². The van der Waals surface area contributed by atoms with E-state index in [1.165, 1.54) is 60.9 Å². The third-order valence-corrected chi connectivity index (χ3v) is 8.76. The lowest BCUT2D eigenvalue weighted by Gasteiger charge is -2.23. The molecule has 7 aromatic rings. The fourth-order valence-corrected chi connectivity index (χ4v) is 6.71. The molecule has 0 saturated heterocycles. The monoisotopic (exact) mass is 526 g/mol. The third-order valence-electron chi connectivity index (χ3n) is 8.76. The van der Waals surface area contributed by atoms with Crippen molar-refractivity contribution in [3.63, 3.8) is 0 Å². The summed E-state index contributed by atoms with van der Waals surface area (Å²) in [4.78, 5) is 0. The first-order chi connectivity index (χ1) is 20.1. The van der Waals surface area contributed by atoms with E-state index in [0.717, 1.165) is 11.4 Å². The second kappa shape index (κ2) is 8.97. The maximum Gasteiger partial charge on any atom is 0.0541 e. The zero-order valence-electron chi connectivity index (χ0n) is 23.2. The van der Waals surface area contributed by atoms with Crippen molar-refractivity contribution in [3.8, 4) is 27.9 Å². The molecule has 0 bridgehead atoms. The minimum absolute atomic E-state index is 0.116. The molecule has 0 saturated carbocycles. The van der Waals surface area contributed by atoms with E-state index in [9.17, 15) is 0 Å². The van der Waals surface area contributed by atoms with E-state index in [1.807, 2.05) is 6.07 Å². The van der Waals surface area contributed by atoms with Crippen LogP contribution in [0.5, 0.6) is 0 Å². The predicted octanol–water partition coefficient (Wildman–Crippen LogP) is 10.5. The van der Waals surface area contributed by atoms with Crippen LogP contribution in [-0.2, 0) is 5.41 Å². The van der Waals surface area contributed by atoms with Crippen molar-refractivity contribution in [1.82, 2.24) is 4.57 Å². The zero-order valence-corrected chi connectivity index (χ0v) is 23.2. The number of fused-ring (bicyclic) bond motifs is 6. The summed E-state index contributed by atoms with van der Waals surface area (Å²) in [7, 11) is 0. The Morgan fingerprint density at radius 2 is 1.07 bits per heavy atom. The van der Waals surface area contributed by atoms with Crippen molar-refractivity contribution in [3.05, 3.63) is 151 Å². The zero-order chi connectivity index (χ0) is 27.6. The highest BCUT2D eigenvalue weighted by Crippen LogP contribution is 2.50. The first-order valence-corrected chi connectivity index (χ1v) is 14.3. The first-order valence-electron chi connectivity index (χ1n) is 14.3. The van der Waals surface area contributed by atoms with Gasteiger partial charge >= 0.3 is 0 Å². The Morgan fingerprint density at radius 3 is 1.80 bits per heavy atom. The highest BCUT2D eigenvalue weighted by molar-refractivity contribution is 6.09. The molecule has 1 aliphatic rings. The molecule has 196 valence electrons. The summed E-state index contributed by atoms with van der Waals surface area (Å²) in [6.07, 6.45) is 0. The average molecular weight is 527 g/mol. The molecule has 0 spiro atoms. The summed E-state index contributed by atoms with van der Waals surface area (Å²) in [5.41, 5.74) is 13.6. The van der Waals surface area contributed by atoms with Crippen LogP contribution >= 0.6 is 0 Å². The third kappa shape index (κ3) is 3.72. The van der Waals surface area contributed by atoms with Crippen molar-refractivity contribution in [2.75, 3.05) is 5.32 Å². The molecule has 1 aliphatic carbocycles. The molecular weight excluding hydrogens is 496 g/mol. The number of anilines is 2. The minimum Gasteiger partial charge on any atom is -0.356 e. The molecule has 0 unspecified atom stereocenters. The van der Waals surface area contributed by atoms with Crippen molar-refractivity contribution < 1.29 is 0 Å². The van der Waals surface area contributed by atoms with Crippen LogP contribution in [-0.4, -0.2) is 4.57 Å². The topological polar surface area (TPSA) is 17.0 Å². The van der Waals surface area contributed by atoms with Gasteiger partial charge in [-0.1, -0.05) is 98.8 Å². The number of hydrogen-bond acceptors (Lipinski definition) is 1. The van der Waals surface area contributed by atoms with Crippen LogP contribution in [0.4, 0.5) is 11.4 Å². The average Bonchev–Trinajstić information content (AvgIpc) is 3.46. The van der Waals surface area contributed by atoms with E-state index < -0.39 is 0 Å². The molecule has 2 heteroatoms. The molecule has 1 N–H and O–H groups in total. The van der Waals surface area contributed by atoms with Crippen molar-refractivity contribution >= 4 is 33.2 Å². The normalized spacial score (nSPS) is 13.3. The molecule has 6 aromatic carbocycles. The number of nitrogens with one attached hydrogen (secondary N) is 1. The molecule has 41 heavy (non-hydrogen) atoms. The SMILES string of the molecule is CC1(C)c2cc(-c3cccc(Nc4ccccc4)c3)ccc2-c2ccc(-n3c4ccccc4c4ccccc43)cc21. The van der Waals surface area contributed by atoms with E-state index in [-0.39, 0.29) is 5.41 Å². The highest BCUT2D eigenvalue weighted by Gasteiger charge is 2.36. The lowest BCUT2D eigenvalue weighted by molar-refractivity contribution is 0.660. The fraction of sp³-hybridized carbons (Fsp3) is 0.0769. The lowest BCUT2D eigenvalue weighted by Crippen LogP contribution is -2.15. The molecular formula is C39H30N2. The number of para-hydroxylation sites is 3. The quantitative estimate of drug-likeness (QED) is 0.241.